The van der Waals surface area contributed by atoms with Crippen molar-refractivity contribution < 1.29 is 0 Å². The minimum Gasteiger partial charge on any atom is -0.0628 e. The van der Waals surface area contributed by atoms with Gasteiger partial charge in [0.05, 0.1) is 0 Å². The summed E-state index contributed by atoms with van der Waals surface area (Å²) in [4.78, 5) is 0. The first-order valence-electron chi connectivity index (χ1n) is 3.50. The number of hydrogen-bond acceptors (Lipinski definition) is 0. The lowest BCUT2D eigenvalue weighted by atomic mass is 10.2. The zero-order chi connectivity index (χ0) is 4.95. The Labute approximate surface area is 48.1 Å². The predicted octanol–water partition coefficient (Wildman–Crippen LogP) is 1.57. The molecule has 1 aliphatic heterocycles. The van der Waals surface area contributed by atoms with Gasteiger partial charge in [0.2, 0.25) is 0 Å². The molecule has 42 valence electrons. The lowest BCUT2D eigenvalue weighted by molar-refractivity contribution is 0.720. The Kier molecular flexibility index (Phi) is 2.49. The van der Waals surface area contributed by atoms with Gasteiger partial charge >= 0.3 is 0 Å². The molecule has 0 atom stereocenters. The third-order valence-electron chi connectivity index (χ3n) is 1.75. The molecule has 0 aliphatic carbocycles. The van der Waals surface area contributed by atoms with E-state index < -0.39 is 0 Å². The van der Waals surface area contributed by atoms with Gasteiger partial charge in [-0.05, 0) is 0 Å². The summed E-state index contributed by atoms with van der Waals surface area (Å²) in [5, 5.41) is 0. The highest BCUT2D eigenvalue weighted by molar-refractivity contribution is 6.35. The fraction of sp³-hybridized carbons (Fsp3) is 1.00. The van der Waals surface area contributed by atoms with Crippen LogP contribution in [-0.4, -0.2) is 9.52 Å². The van der Waals surface area contributed by atoms with Crippen molar-refractivity contribution in [2.75, 3.05) is 0 Å². The molecule has 1 heterocycles. The Balaban J connectivity index is 2.04. The minimum atomic E-state index is 0.474. The highest BCUT2D eigenvalue weighted by Gasteiger charge is 1.96. The second-order valence-corrected chi connectivity index (χ2v) is 4.60. The Bertz CT molecular complexity index is 23.8. The molecule has 1 aliphatic rings. The average molecular weight is 114 g/mol. The van der Waals surface area contributed by atoms with Crippen molar-refractivity contribution in [2.24, 2.45) is 0 Å². The summed E-state index contributed by atoms with van der Waals surface area (Å²) < 4.78 is 0. The largest absolute Gasteiger partial charge is 0.0628 e. The molecule has 0 aromatic carbocycles. The molecule has 0 spiro atoms. The van der Waals surface area contributed by atoms with Crippen molar-refractivity contribution in [2.45, 2.75) is 37.8 Å². The molecule has 0 aromatic rings. The molecular weight excluding hydrogens is 100 g/mol. The van der Waals surface area contributed by atoms with E-state index in [-0.39, 0.29) is 0 Å². The van der Waals surface area contributed by atoms with Gasteiger partial charge in [-0.2, -0.15) is 0 Å². The van der Waals surface area contributed by atoms with Crippen LogP contribution in [0.25, 0.3) is 0 Å². The van der Waals surface area contributed by atoms with Crippen LogP contribution in [0.1, 0.15) is 25.7 Å². The Hall–Kier alpha value is 0.217. The Morgan fingerprint density at radius 3 is 1.86 bits per heavy atom. The topological polar surface area (TPSA) is 0 Å². The van der Waals surface area contributed by atoms with Gasteiger partial charge in [-0.1, -0.05) is 37.8 Å². The first kappa shape index (κ1) is 5.36. The van der Waals surface area contributed by atoms with Crippen molar-refractivity contribution in [1.82, 2.24) is 0 Å². The van der Waals surface area contributed by atoms with E-state index in [2.05, 4.69) is 0 Å². The van der Waals surface area contributed by atoms with Gasteiger partial charge in [0.1, 0.15) is 0 Å². The summed E-state index contributed by atoms with van der Waals surface area (Å²) in [7, 11) is 0.474. The maximum atomic E-state index is 1.64. The molecule has 0 saturated carbocycles. The van der Waals surface area contributed by atoms with Crippen LogP contribution in [0.4, 0.5) is 0 Å². The Morgan fingerprint density at radius 2 is 1.29 bits per heavy atom. The third-order valence-corrected chi connectivity index (χ3v) is 3.75. The molecule has 0 bridgehead atoms. The molecule has 0 unspecified atom stereocenters. The monoisotopic (exact) mass is 114 g/mol. The zero-order valence-electron chi connectivity index (χ0n) is 4.95. The van der Waals surface area contributed by atoms with E-state index >= 15 is 0 Å². The Morgan fingerprint density at radius 1 is 0.714 bits per heavy atom. The number of hydrogen-bond donors (Lipinski definition) is 0. The number of rotatable bonds is 0. The van der Waals surface area contributed by atoms with Crippen molar-refractivity contribution in [3.8, 4) is 0 Å². The van der Waals surface area contributed by atoms with Crippen LogP contribution in [-0.2, 0) is 0 Å². The van der Waals surface area contributed by atoms with Crippen molar-refractivity contribution in [3.05, 3.63) is 0 Å². The normalized spacial score (nSPS) is 24.0. The van der Waals surface area contributed by atoms with Crippen molar-refractivity contribution in [1.29, 1.82) is 0 Å². The molecule has 1 fully saturated rings. The fourth-order valence-electron chi connectivity index (χ4n) is 1.24. The molecule has 1 saturated heterocycles. The minimum absolute atomic E-state index is 0.474. The van der Waals surface area contributed by atoms with Crippen LogP contribution >= 0.6 is 0 Å². The van der Waals surface area contributed by atoms with Gasteiger partial charge in [-0.3, -0.25) is 0 Å². The highest BCUT2D eigenvalue weighted by Crippen LogP contribution is 2.11. The van der Waals surface area contributed by atoms with Crippen LogP contribution in [0.15, 0.2) is 0 Å². The van der Waals surface area contributed by atoms with E-state index in [0.717, 1.165) is 0 Å². The van der Waals surface area contributed by atoms with Gasteiger partial charge in [-0.15, -0.1) is 0 Å². The summed E-state index contributed by atoms with van der Waals surface area (Å²) >= 11 is 0. The quantitative estimate of drug-likeness (QED) is 0.419. The lowest BCUT2D eigenvalue weighted by Gasteiger charge is -1.86. The van der Waals surface area contributed by atoms with Gasteiger partial charge in [-0.25, -0.2) is 0 Å². The maximum Gasteiger partial charge on any atom is 0.0197 e. The maximum absolute atomic E-state index is 1.64. The SMILES string of the molecule is C1CCC[SiH2]CC1. The van der Waals surface area contributed by atoms with Crippen LogP contribution in [0.3, 0.4) is 0 Å². The molecule has 0 radical (unpaired) electrons. The zero-order valence-corrected chi connectivity index (χ0v) is 6.36. The first-order chi connectivity index (χ1) is 3.50. The van der Waals surface area contributed by atoms with Crippen LogP contribution in [0.2, 0.25) is 12.1 Å². The standard InChI is InChI=1S/C6H14Si/c1-2-4-6-7-5-3-1/h1-7H2. The summed E-state index contributed by atoms with van der Waals surface area (Å²) in [6, 6.07) is 3.28. The van der Waals surface area contributed by atoms with Crippen molar-refractivity contribution in [3.63, 3.8) is 0 Å². The summed E-state index contributed by atoms with van der Waals surface area (Å²) in [6.45, 7) is 0. The van der Waals surface area contributed by atoms with Crippen molar-refractivity contribution >= 4 is 9.52 Å². The van der Waals surface area contributed by atoms with E-state index in [4.69, 9.17) is 0 Å². The summed E-state index contributed by atoms with van der Waals surface area (Å²) in [5.41, 5.74) is 0. The van der Waals surface area contributed by atoms with Gasteiger partial charge in [0, 0.05) is 9.52 Å². The van der Waals surface area contributed by atoms with E-state index in [1.165, 1.54) is 12.8 Å². The smallest absolute Gasteiger partial charge is 0.0197 e. The molecule has 1 rings (SSSR count). The van der Waals surface area contributed by atoms with E-state index in [1.54, 1.807) is 24.9 Å². The summed E-state index contributed by atoms with van der Waals surface area (Å²) in [5.74, 6) is 0. The van der Waals surface area contributed by atoms with E-state index in [0.29, 0.717) is 9.52 Å². The van der Waals surface area contributed by atoms with Crippen LogP contribution in [0, 0.1) is 0 Å². The van der Waals surface area contributed by atoms with Gasteiger partial charge in [0.15, 0.2) is 0 Å². The third kappa shape index (κ3) is 2.12. The van der Waals surface area contributed by atoms with Gasteiger partial charge in [0.25, 0.3) is 0 Å². The fourth-order valence-corrected chi connectivity index (χ4v) is 3.01. The average Bonchev–Trinajstić information content (AvgIpc) is 1.90. The first-order valence-corrected chi connectivity index (χ1v) is 5.50. The van der Waals surface area contributed by atoms with E-state index in [1.807, 2.05) is 0 Å². The predicted molar refractivity (Wildman–Crippen MR) is 36.6 cm³/mol. The second kappa shape index (κ2) is 3.25. The molecule has 0 aromatic heterocycles. The molecule has 0 amide bonds. The lowest BCUT2D eigenvalue weighted by Crippen LogP contribution is -1.81. The van der Waals surface area contributed by atoms with Crippen LogP contribution < -0.4 is 0 Å². The highest BCUT2D eigenvalue weighted by atomic mass is 28.2. The molecule has 0 N–H and O–H groups in total. The molecular formula is C6H14Si. The van der Waals surface area contributed by atoms with Gasteiger partial charge < -0.3 is 0 Å². The van der Waals surface area contributed by atoms with E-state index in [9.17, 15) is 0 Å². The van der Waals surface area contributed by atoms with Crippen LogP contribution in [0.5, 0.6) is 0 Å². The molecule has 0 nitrogen and oxygen atoms in total. The summed E-state index contributed by atoms with van der Waals surface area (Å²) in [6.07, 6.45) is 6.19. The second-order valence-electron chi connectivity index (χ2n) is 2.47. The molecule has 1 heteroatoms. The molecule has 7 heavy (non-hydrogen) atoms.